The van der Waals surface area contributed by atoms with Gasteiger partial charge in [0.2, 0.25) is 0 Å². The van der Waals surface area contributed by atoms with Gasteiger partial charge in [0.15, 0.2) is 0 Å². The first-order chi connectivity index (χ1) is 10.3. The molecule has 2 aromatic carbocycles. The Morgan fingerprint density at radius 1 is 1.10 bits per heavy atom. The Morgan fingerprint density at radius 3 is 2.48 bits per heavy atom. The van der Waals surface area contributed by atoms with E-state index in [9.17, 15) is 4.39 Å². The Hall–Kier alpha value is -1.91. The van der Waals surface area contributed by atoms with Crippen LogP contribution in [0.2, 0.25) is 0 Å². The predicted octanol–water partition coefficient (Wildman–Crippen LogP) is 2.09. The minimum atomic E-state index is -0.340. The van der Waals surface area contributed by atoms with Crippen LogP contribution in [0, 0.1) is 5.82 Å². The van der Waals surface area contributed by atoms with E-state index < -0.39 is 0 Å². The molecule has 110 valence electrons. The summed E-state index contributed by atoms with van der Waals surface area (Å²) in [6.45, 7) is 3.01. The highest BCUT2D eigenvalue weighted by atomic mass is 19.1. The zero-order chi connectivity index (χ0) is 14.7. The third-order valence-corrected chi connectivity index (χ3v) is 4.23. The van der Waals surface area contributed by atoms with Gasteiger partial charge < -0.3 is 16.0 Å². The molecule has 4 heteroatoms. The molecule has 1 heterocycles. The van der Waals surface area contributed by atoms with Crippen molar-refractivity contribution >= 4 is 5.69 Å². The fraction of sp³-hybridized carbons (Fsp3) is 0.294. The molecule has 0 bridgehead atoms. The maximum Gasteiger partial charge on any atom is 0.123 e. The van der Waals surface area contributed by atoms with Crippen molar-refractivity contribution in [2.24, 2.45) is 5.73 Å². The molecular weight excluding hydrogens is 265 g/mol. The quantitative estimate of drug-likeness (QED) is 0.907. The third-order valence-electron chi connectivity index (χ3n) is 4.23. The number of rotatable bonds is 3. The highest BCUT2D eigenvalue weighted by Crippen LogP contribution is 2.33. The molecule has 3 rings (SSSR count). The smallest absolute Gasteiger partial charge is 0.123 e. The van der Waals surface area contributed by atoms with Gasteiger partial charge in [-0.3, -0.25) is 0 Å². The molecule has 0 radical (unpaired) electrons. The minimum Gasteiger partial charge on any atom is -0.358 e. The number of halogens is 1. The van der Waals surface area contributed by atoms with Gasteiger partial charge in [0.1, 0.15) is 5.82 Å². The first-order valence-corrected chi connectivity index (χ1v) is 7.26. The highest BCUT2D eigenvalue weighted by Gasteiger charge is 2.39. The SMILES string of the molecule is NCC1(c2ccc(F)cc2)CNCCN1c1ccccc1. The van der Waals surface area contributed by atoms with Crippen molar-refractivity contribution < 1.29 is 4.39 Å². The standard InChI is InChI=1S/C17H20FN3/c18-15-8-6-14(7-9-15)17(12-19)13-20-10-11-21(17)16-4-2-1-3-5-16/h1-9,20H,10-13,19H2. The molecule has 1 fully saturated rings. The monoisotopic (exact) mass is 285 g/mol. The second-order valence-corrected chi connectivity index (χ2v) is 5.41. The molecule has 3 nitrogen and oxygen atoms in total. The molecule has 1 unspecified atom stereocenters. The van der Waals surface area contributed by atoms with Crippen LogP contribution in [0.4, 0.5) is 10.1 Å². The Morgan fingerprint density at radius 2 is 1.81 bits per heavy atom. The number of para-hydroxylation sites is 1. The molecule has 1 saturated heterocycles. The Balaban J connectivity index is 2.06. The van der Waals surface area contributed by atoms with Crippen LogP contribution in [-0.4, -0.2) is 26.2 Å². The Kier molecular flexibility index (Phi) is 3.90. The lowest BCUT2D eigenvalue weighted by molar-refractivity contribution is 0.340. The van der Waals surface area contributed by atoms with Gasteiger partial charge in [0, 0.05) is 31.9 Å². The maximum atomic E-state index is 13.2. The number of nitrogens with zero attached hydrogens (tertiary/aromatic N) is 1. The van der Waals surface area contributed by atoms with Gasteiger partial charge >= 0.3 is 0 Å². The number of nitrogens with one attached hydrogen (secondary N) is 1. The number of hydrogen-bond acceptors (Lipinski definition) is 3. The van der Waals surface area contributed by atoms with E-state index in [4.69, 9.17) is 5.73 Å². The summed E-state index contributed by atoms with van der Waals surface area (Å²) in [5, 5.41) is 3.42. The number of piperazine rings is 1. The molecular formula is C17H20FN3. The summed E-state index contributed by atoms with van der Waals surface area (Å²) < 4.78 is 13.2. The van der Waals surface area contributed by atoms with E-state index in [0.717, 1.165) is 30.9 Å². The van der Waals surface area contributed by atoms with Crippen LogP contribution < -0.4 is 16.0 Å². The number of anilines is 1. The van der Waals surface area contributed by atoms with Crippen molar-refractivity contribution in [2.45, 2.75) is 5.54 Å². The van der Waals surface area contributed by atoms with Gasteiger partial charge in [0.05, 0.1) is 5.54 Å². The van der Waals surface area contributed by atoms with Gasteiger partial charge in [-0.2, -0.15) is 0 Å². The summed E-state index contributed by atoms with van der Waals surface area (Å²) in [7, 11) is 0. The van der Waals surface area contributed by atoms with Crippen molar-refractivity contribution in [3.05, 3.63) is 66.0 Å². The fourth-order valence-electron chi connectivity index (χ4n) is 3.10. The summed E-state index contributed by atoms with van der Waals surface area (Å²) in [5.74, 6) is -0.221. The van der Waals surface area contributed by atoms with Gasteiger partial charge in [-0.1, -0.05) is 30.3 Å². The Labute approximate surface area is 124 Å². The molecule has 0 aliphatic carbocycles. The lowest BCUT2D eigenvalue weighted by atomic mass is 9.85. The summed E-state index contributed by atoms with van der Waals surface area (Å²) in [6.07, 6.45) is 0. The average molecular weight is 285 g/mol. The highest BCUT2D eigenvalue weighted by molar-refractivity contribution is 5.52. The molecule has 21 heavy (non-hydrogen) atoms. The maximum absolute atomic E-state index is 13.2. The van der Waals surface area contributed by atoms with Crippen LogP contribution in [0.3, 0.4) is 0 Å². The van der Waals surface area contributed by atoms with E-state index in [1.807, 2.05) is 30.3 Å². The van der Waals surface area contributed by atoms with Crippen LogP contribution >= 0.6 is 0 Å². The second kappa shape index (κ2) is 5.84. The summed E-state index contributed by atoms with van der Waals surface area (Å²) >= 11 is 0. The number of nitrogens with two attached hydrogens (primary N) is 1. The predicted molar refractivity (Wildman–Crippen MR) is 83.8 cm³/mol. The van der Waals surface area contributed by atoms with E-state index in [2.05, 4.69) is 22.3 Å². The molecule has 0 amide bonds. The summed E-state index contributed by atoms with van der Waals surface area (Å²) in [6, 6.07) is 16.9. The van der Waals surface area contributed by atoms with E-state index >= 15 is 0 Å². The van der Waals surface area contributed by atoms with Crippen molar-refractivity contribution in [2.75, 3.05) is 31.1 Å². The van der Waals surface area contributed by atoms with Crippen LogP contribution in [-0.2, 0) is 5.54 Å². The van der Waals surface area contributed by atoms with Gasteiger partial charge in [-0.25, -0.2) is 4.39 Å². The van der Waals surface area contributed by atoms with Gasteiger partial charge in [-0.05, 0) is 29.8 Å². The first kappa shape index (κ1) is 14.0. The third kappa shape index (κ3) is 2.52. The lowest BCUT2D eigenvalue weighted by Crippen LogP contribution is -2.62. The number of hydrogen-bond donors (Lipinski definition) is 2. The van der Waals surface area contributed by atoms with E-state index in [0.29, 0.717) is 6.54 Å². The molecule has 0 saturated carbocycles. The summed E-state index contributed by atoms with van der Waals surface area (Å²) in [5.41, 5.74) is 8.01. The van der Waals surface area contributed by atoms with Crippen LogP contribution in [0.1, 0.15) is 5.56 Å². The largest absolute Gasteiger partial charge is 0.358 e. The molecule has 1 aliphatic heterocycles. The normalized spacial score (nSPS) is 22.3. The zero-order valence-corrected chi connectivity index (χ0v) is 11.9. The van der Waals surface area contributed by atoms with Crippen molar-refractivity contribution in [1.82, 2.24) is 5.32 Å². The molecule has 0 spiro atoms. The summed E-state index contributed by atoms with van der Waals surface area (Å²) in [4.78, 5) is 2.33. The van der Waals surface area contributed by atoms with Crippen molar-refractivity contribution in [1.29, 1.82) is 0 Å². The second-order valence-electron chi connectivity index (χ2n) is 5.41. The van der Waals surface area contributed by atoms with Gasteiger partial charge in [0.25, 0.3) is 0 Å². The van der Waals surface area contributed by atoms with E-state index in [1.54, 1.807) is 0 Å². The van der Waals surface area contributed by atoms with Gasteiger partial charge in [-0.15, -0.1) is 0 Å². The molecule has 3 N–H and O–H groups in total. The topological polar surface area (TPSA) is 41.3 Å². The van der Waals surface area contributed by atoms with E-state index in [1.165, 1.54) is 12.1 Å². The minimum absolute atomic E-state index is 0.221. The van der Waals surface area contributed by atoms with Crippen LogP contribution in [0.15, 0.2) is 54.6 Å². The zero-order valence-electron chi connectivity index (χ0n) is 11.9. The van der Waals surface area contributed by atoms with Crippen LogP contribution in [0.5, 0.6) is 0 Å². The van der Waals surface area contributed by atoms with Crippen LogP contribution in [0.25, 0.3) is 0 Å². The molecule has 2 aromatic rings. The first-order valence-electron chi connectivity index (χ1n) is 7.26. The van der Waals surface area contributed by atoms with Crippen molar-refractivity contribution in [3.8, 4) is 0 Å². The Bertz CT molecular complexity index is 585. The fourth-order valence-corrected chi connectivity index (χ4v) is 3.10. The van der Waals surface area contributed by atoms with E-state index in [-0.39, 0.29) is 11.4 Å². The van der Waals surface area contributed by atoms with Crippen molar-refractivity contribution in [3.63, 3.8) is 0 Å². The molecule has 1 atom stereocenters. The number of benzene rings is 2. The molecule has 0 aromatic heterocycles. The average Bonchev–Trinajstić information content (AvgIpc) is 2.56. The molecule has 1 aliphatic rings. The lowest BCUT2D eigenvalue weighted by Gasteiger charge is -2.48.